The Morgan fingerprint density at radius 2 is 1.64 bits per heavy atom. The quantitative estimate of drug-likeness (QED) is 0.264. The normalized spacial score (nSPS) is 11.1. The van der Waals surface area contributed by atoms with Crippen molar-refractivity contribution in [2.45, 2.75) is 20.1 Å². The number of halogens is 1. The molecule has 36 heavy (non-hydrogen) atoms. The third-order valence-electron chi connectivity index (χ3n) is 6.03. The van der Waals surface area contributed by atoms with E-state index in [1.54, 1.807) is 41.8 Å². The fraction of sp³-hybridized carbons (Fsp3) is 0.133. The molecule has 6 heteroatoms. The van der Waals surface area contributed by atoms with Crippen molar-refractivity contribution in [3.8, 4) is 5.75 Å². The molecule has 1 aromatic heterocycles. The van der Waals surface area contributed by atoms with Crippen LogP contribution in [-0.4, -0.2) is 17.1 Å². The lowest BCUT2D eigenvalue weighted by molar-refractivity contribution is 0.0524. The van der Waals surface area contributed by atoms with E-state index < -0.39 is 11.4 Å². The number of pyridine rings is 1. The Morgan fingerprint density at radius 1 is 0.889 bits per heavy atom. The van der Waals surface area contributed by atoms with E-state index in [-0.39, 0.29) is 18.0 Å². The first-order valence-corrected chi connectivity index (χ1v) is 11.7. The Kier molecular flexibility index (Phi) is 6.50. The Balaban J connectivity index is 1.50. The van der Waals surface area contributed by atoms with E-state index in [0.717, 1.165) is 21.9 Å². The van der Waals surface area contributed by atoms with Gasteiger partial charge in [-0.05, 0) is 65.2 Å². The molecule has 0 aliphatic heterocycles. The van der Waals surface area contributed by atoms with Crippen LogP contribution in [0.3, 0.4) is 0 Å². The van der Waals surface area contributed by atoms with Crippen molar-refractivity contribution >= 4 is 27.6 Å². The minimum Gasteiger partial charge on any atom is -0.489 e. The standard InChI is InChI=1S/C30H24FNO4/c1-2-35-30(34)27-18-32(17-20-8-11-24(31)12-9-20)28-14-13-25(16-26(28)29(27)33)36-19-21-7-10-22-5-3-4-6-23(22)15-21/h3-16,18H,2,17,19H2,1H3. The monoisotopic (exact) mass is 481 g/mol. The lowest BCUT2D eigenvalue weighted by Gasteiger charge is -2.15. The van der Waals surface area contributed by atoms with E-state index in [2.05, 4.69) is 18.2 Å². The van der Waals surface area contributed by atoms with Crippen molar-refractivity contribution in [2.75, 3.05) is 6.61 Å². The first-order valence-electron chi connectivity index (χ1n) is 11.7. The van der Waals surface area contributed by atoms with E-state index in [1.165, 1.54) is 18.3 Å². The van der Waals surface area contributed by atoms with Crippen molar-refractivity contribution in [3.63, 3.8) is 0 Å². The van der Waals surface area contributed by atoms with Gasteiger partial charge in [-0.3, -0.25) is 4.79 Å². The second kappa shape index (κ2) is 10.0. The summed E-state index contributed by atoms with van der Waals surface area (Å²) in [4.78, 5) is 25.8. The number of rotatable bonds is 7. The minimum absolute atomic E-state index is 0.0573. The highest BCUT2D eigenvalue weighted by Gasteiger charge is 2.17. The molecule has 5 aromatic rings. The van der Waals surface area contributed by atoms with Crippen LogP contribution in [0, 0.1) is 5.82 Å². The van der Waals surface area contributed by atoms with Crippen LogP contribution in [0.15, 0.2) is 95.9 Å². The topological polar surface area (TPSA) is 57.5 Å². The summed E-state index contributed by atoms with van der Waals surface area (Å²) in [6, 6.07) is 25.6. The molecule has 180 valence electrons. The summed E-state index contributed by atoms with van der Waals surface area (Å²) in [7, 11) is 0. The molecule has 1 heterocycles. The Hall–Kier alpha value is -4.45. The maximum absolute atomic E-state index is 13.4. The molecule has 0 amide bonds. The van der Waals surface area contributed by atoms with Gasteiger partial charge in [-0.2, -0.15) is 0 Å². The summed E-state index contributed by atoms with van der Waals surface area (Å²) in [5, 5.41) is 2.62. The zero-order valence-electron chi connectivity index (χ0n) is 19.7. The maximum Gasteiger partial charge on any atom is 0.343 e. The van der Waals surface area contributed by atoms with Gasteiger partial charge in [0.15, 0.2) is 0 Å². The predicted molar refractivity (Wildman–Crippen MR) is 138 cm³/mol. The van der Waals surface area contributed by atoms with E-state index in [4.69, 9.17) is 9.47 Å². The van der Waals surface area contributed by atoms with Crippen molar-refractivity contribution in [1.29, 1.82) is 0 Å². The predicted octanol–water partition coefficient (Wildman–Crippen LogP) is 6.10. The Labute approximate surface area is 207 Å². The van der Waals surface area contributed by atoms with Crippen molar-refractivity contribution in [3.05, 3.63) is 124 Å². The highest BCUT2D eigenvalue weighted by molar-refractivity contribution is 5.94. The summed E-state index contributed by atoms with van der Waals surface area (Å²) >= 11 is 0. The van der Waals surface area contributed by atoms with Crippen molar-refractivity contribution in [2.24, 2.45) is 0 Å². The Morgan fingerprint density at radius 3 is 2.42 bits per heavy atom. The number of hydrogen-bond donors (Lipinski definition) is 0. The maximum atomic E-state index is 13.4. The zero-order chi connectivity index (χ0) is 25.1. The summed E-state index contributed by atoms with van der Waals surface area (Å²) in [6.45, 7) is 2.52. The molecule has 0 fully saturated rings. The number of benzene rings is 4. The largest absolute Gasteiger partial charge is 0.489 e. The second-order valence-electron chi connectivity index (χ2n) is 8.50. The number of aromatic nitrogens is 1. The number of nitrogens with zero attached hydrogens (tertiary/aromatic N) is 1. The van der Waals surface area contributed by atoms with Crippen molar-refractivity contribution in [1.82, 2.24) is 4.57 Å². The van der Waals surface area contributed by atoms with Crippen LogP contribution in [0.1, 0.15) is 28.4 Å². The number of esters is 1. The first kappa shape index (κ1) is 23.3. The van der Waals surface area contributed by atoms with Gasteiger partial charge in [-0.25, -0.2) is 9.18 Å². The van der Waals surface area contributed by atoms with Gasteiger partial charge < -0.3 is 14.0 Å². The molecule has 5 rings (SSSR count). The summed E-state index contributed by atoms with van der Waals surface area (Å²) in [5.41, 5.74) is 1.99. The van der Waals surface area contributed by atoms with E-state index in [9.17, 15) is 14.0 Å². The molecule has 0 saturated heterocycles. The number of hydrogen-bond acceptors (Lipinski definition) is 4. The minimum atomic E-state index is -0.681. The van der Waals surface area contributed by atoms with Gasteiger partial charge in [-0.15, -0.1) is 0 Å². The smallest absolute Gasteiger partial charge is 0.343 e. The molecule has 0 aliphatic carbocycles. The van der Waals surface area contributed by atoms with Crippen LogP contribution in [-0.2, 0) is 17.9 Å². The van der Waals surface area contributed by atoms with Gasteiger partial charge in [0.1, 0.15) is 23.7 Å². The fourth-order valence-electron chi connectivity index (χ4n) is 4.23. The number of carbonyl (C=O) groups is 1. The Bertz CT molecular complexity index is 1620. The molecule has 0 unspecified atom stereocenters. The molecule has 5 nitrogen and oxygen atoms in total. The molecular formula is C30H24FNO4. The second-order valence-corrected chi connectivity index (χ2v) is 8.50. The van der Waals surface area contributed by atoms with E-state index >= 15 is 0 Å². The zero-order valence-corrected chi connectivity index (χ0v) is 19.7. The van der Waals surface area contributed by atoms with Crippen LogP contribution in [0.4, 0.5) is 4.39 Å². The molecule has 0 bridgehead atoms. The lowest BCUT2D eigenvalue weighted by atomic mass is 10.1. The molecular weight excluding hydrogens is 457 g/mol. The number of fused-ring (bicyclic) bond motifs is 2. The van der Waals surface area contributed by atoms with Gasteiger partial charge in [0, 0.05) is 12.7 Å². The lowest BCUT2D eigenvalue weighted by Crippen LogP contribution is -2.21. The van der Waals surface area contributed by atoms with Gasteiger partial charge in [-0.1, -0.05) is 48.5 Å². The van der Waals surface area contributed by atoms with Gasteiger partial charge in [0.25, 0.3) is 0 Å². The summed E-state index contributed by atoms with van der Waals surface area (Å²) in [6.07, 6.45) is 1.50. The fourth-order valence-corrected chi connectivity index (χ4v) is 4.23. The average molecular weight is 482 g/mol. The molecule has 0 aliphatic rings. The highest BCUT2D eigenvalue weighted by Crippen LogP contribution is 2.23. The average Bonchev–Trinajstić information content (AvgIpc) is 2.90. The highest BCUT2D eigenvalue weighted by atomic mass is 19.1. The molecule has 4 aromatic carbocycles. The van der Waals surface area contributed by atoms with Gasteiger partial charge >= 0.3 is 5.97 Å². The first-order chi connectivity index (χ1) is 17.5. The molecule has 0 atom stereocenters. The third kappa shape index (κ3) is 4.84. The molecule has 0 N–H and O–H groups in total. The molecule has 0 saturated carbocycles. The van der Waals surface area contributed by atoms with Crippen LogP contribution >= 0.6 is 0 Å². The number of ether oxygens (including phenoxy) is 2. The van der Waals surface area contributed by atoms with Crippen LogP contribution in [0.5, 0.6) is 5.75 Å². The van der Waals surface area contributed by atoms with Gasteiger partial charge in [0.05, 0.1) is 17.5 Å². The molecule has 0 spiro atoms. The van der Waals surface area contributed by atoms with E-state index in [1.807, 2.05) is 24.3 Å². The molecule has 0 radical (unpaired) electrons. The van der Waals surface area contributed by atoms with Crippen molar-refractivity contribution < 1.29 is 18.7 Å². The third-order valence-corrected chi connectivity index (χ3v) is 6.03. The SMILES string of the molecule is CCOC(=O)c1cn(Cc2ccc(F)cc2)c2ccc(OCc3ccc4ccccc4c3)cc2c1=O. The summed E-state index contributed by atoms with van der Waals surface area (Å²) in [5.74, 6) is -0.495. The van der Waals surface area contributed by atoms with E-state index in [0.29, 0.717) is 29.8 Å². The summed E-state index contributed by atoms with van der Waals surface area (Å²) < 4.78 is 26.3. The van der Waals surface area contributed by atoms with Crippen LogP contribution in [0.25, 0.3) is 21.7 Å². The van der Waals surface area contributed by atoms with Crippen LogP contribution < -0.4 is 10.2 Å². The van der Waals surface area contributed by atoms with Crippen LogP contribution in [0.2, 0.25) is 0 Å². The number of carbonyl (C=O) groups excluding carboxylic acids is 1. The van der Waals surface area contributed by atoms with Gasteiger partial charge in [0.2, 0.25) is 5.43 Å².